The minimum Gasteiger partial charge on any atom is -0.314 e. The normalized spacial score (nSPS) is 19.9. The summed E-state index contributed by atoms with van der Waals surface area (Å²) < 4.78 is 1.91. The van der Waals surface area contributed by atoms with E-state index in [9.17, 15) is 0 Å². The third-order valence-electron chi connectivity index (χ3n) is 3.57. The highest BCUT2D eigenvalue weighted by Gasteiger charge is 2.13. The van der Waals surface area contributed by atoms with Gasteiger partial charge in [0.1, 0.15) is 0 Å². The third-order valence-corrected chi connectivity index (χ3v) is 3.57. The van der Waals surface area contributed by atoms with Crippen molar-refractivity contribution in [3.05, 3.63) is 48.3 Å². The first-order valence-corrected chi connectivity index (χ1v) is 6.74. The molecule has 0 spiro atoms. The highest BCUT2D eigenvalue weighted by Crippen LogP contribution is 2.15. The lowest BCUT2D eigenvalue weighted by Crippen LogP contribution is -2.35. The summed E-state index contributed by atoms with van der Waals surface area (Å²) in [7, 11) is 0. The maximum absolute atomic E-state index is 4.28. The van der Waals surface area contributed by atoms with Crippen LogP contribution in [0.3, 0.4) is 0 Å². The van der Waals surface area contributed by atoms with Crippen LogP contribution in [0.1, 0.15) is 24.8 Å². The van der Waals surface area contributed by atoms with E-state index in [1.165, 1.54) is 31.4 Å². The fourth-order valence-electron chi connectivity index (χ4n) is 2.63. The zero-order valence-electron chi connectivity index (χ0n) is 10.5. The molecule has 0 bridgehead atoms. The second-order valence-corrected chi connectivity index (χ2v) is 4.97. The summed E-state index contributed by atoms with van der Waals surface area (Å²) in [6.07, 6.45) is 8.90. The molecule has 1 atom stereocenters. The summed E-state index contributed by atoms with van der Waals surface area (Å²) in [5.41, 5.74) is 2.54. The lowest BCUT2D eigenvalue weighted by atomic mass is 9.97. The largest absolute Gasteiger partial charge is 0.314 e. The molecular formula is C15H19N3. The third kappa shape index (κ3) is 2.62. The SMILES string of the molecule is c1cc(CC2CCCCN2)cc(-n2cccn2)c1. The first-order chi connectivity index (χ1) is 8.92. The minimum atomic E-state index is 0.645. The van der Waals surface area contributed by atoms with Gasteiger partial charge in [-0.05, 0) is 49.6 Å². The Morgan fingerprint density at radius 3 is 3.06 bits per heavy atom. The Labute approximate surface area is 108 Å². The van der Waals surface area contributed by atoms with Crippen molar-refractivity contribution >= 4 is 0 Å². The number of hydrogen-bond acceptors (Lipinski definition) is 2. The van der Waals surface area contributed by atoms with Crippen LogP contribution in [0, 0.1) is 0 Å². The van der Waals surface area contributed by atoms with Crippen LogP contribution in [0.25, 0.3) is 5.69 Å². The molecule has 1 fully saturated rings. The van der Waals surface area contributed by atoms with Crippen molar-refractivity contribution < 1.29 is 0 Å². The lowest BCUT2D eigenvalue weighted by molar-refractivity contribution is 0.399. The van der Waals surface area contributed by atoms with E-state index in [0.29, 0.717) is 6.04 Å². The molecule has 0 amide bonds. The van der Waals surface area contributed by atoms with Gasteiger partial charge in [0.15, 0.2) is 0 Å². The summed E-state index contributed by atoms with van der Waals surface area (Å²) in [6, 6.07) is 11.3. The Kier molecular flexibility index (Phi) is 3.42. The van der Waals surface area contributed by atoms with Crippen molar-refractivity contribution in [1.29, 1.82) is 0 Å². The molecule has 1 aliphatic rings. The fraction of sp³-hybridized carbons (Fsp3) is 0.400. The van der Waals surface area contributed by atoms with Gasteiger partial charge in [-0.15, -0.1) is 0 Å². The van der Waals surface area contributed by atoms with E-state index in [0.717, 1.165) is 12.1 Å². The fourth-order valence-corrected chi connectivity index (χ4v) is 2.63. The van der Waals surface area contributed by atoms with E-state index in [-0.39, 0.29) is 0 Å². The van der Waals surface area contributed by atoms with Gasteiger partial charge in [-0.1, -0.05) is 18.6 Å². The average Bonchev–Trinajstić information content (AvgIpc) is 2.94. The number of nitrogens with one attached hydrogen (secondary N) is 1. The van der Waals surface area contributed by atoms with Crippen LogP contribution in [0.2, 0.25) is 0 Å². The molecule has 0 radical (unpaired) electrons. The van der Waals surface area contributed by atoms with E-state index in [4.69, 9.17) is 0 Å². The van der Waals surface area contributed by atoms with E-state index >= 15 is 0 Å². The molecular weight excluding hydrogens is 222 g/mol. The summed E-state index contributed by atoms with van der Waals surface area (Å²) in [6.45, 7) is 1.17. The van der Waals surface area contributed by atoms with Crippen molar-refractivity contribution in [1.82, 2.24) is 15.1 Å². The average molecular weight is 241 g/mol. The topological polar surface area (TPSA) is 29.9 Å². The molecule has 1 N–H and O–H groups in total. The first-order valence-electron chi connectivity index (χ1n) is 6.74. The van der Waals surface area contributed by atoms with Gasteiger partial charge in [-0.25, -0.2) is 4.68 Å². The molecule has 1 aromatic heterocycles. The Hall–Kier alpha value is -1.61. The zero-order chi connectivity index (χ0) is 12.2. The molecule has 2 heterocycles. The van der Waals surface area contributed by atoms with Crippen LogP contribution in [-0.4, -0.2) is 22.4 Å². The number of rotatable bonds is 3. The molecule has 1 aliphatic heterocycles. The molecule has 2 aromatic rings. The van der Waals surface area contributed by atoms with Gasteiger partial charge in [0.05, 0.1) is 5.69 Å². The van der Waals surface area contributed by atoms with Crippen LogP contribution in [0.15, 0.2) is 42.7 Å². The summed E-state index contributed by atoms with van der Waals surface area (Å²) in [4.78, 5) is 0. The predicted molar refractivity (Wildman–Crippen MR) is 72.9 cm³/mol. The van der Waals surface area contributed by atoms with Crippen molar-refractivity contribution in [3.63, 3.8) is 0 Å². The second-order valence-electron chi connectivity index (χ2n) is 4.97. The van der Waals surface area contributed by atoms with E-state index in [1.54, 1.807) is 0 Å². The second kappa shape index (κ2) is 5.36. The smallest absolute Gasteiger partial charge is 0.0648 e. The molecule has 1 aromatic carbocycles. The quantitative estimate of drug-likeness (QED) is 0.895. The number of nitrogens with zero attached hydrogens (tertiary/aromatic N) is 2. The van der Waals surface area contributed by atoms with Crippen molar-refractivity contribution in [2.45, 2.75) is 31.7 Å². The minimum absolute atomic E-state index is 0.645. The van der Waals surface area contributed by atoms with Gasteiger partial charge in [0.2, 0.25) is 0 Å². The summed E-state index contributed by atoms with van der Waals surface area (Å²) >= 11 is 0. The summed E-state index contributed by atoms with van der Waals surface area (Å²) in [5, 5.41) is 7.87. The van der Waals surface area contributed by atoms with Crippen LogP contribution < -0.4 is 5.32 Å². The summed E-state index contributed by atoms with van der Waals surface area (Å²) in [5.74, 6) is 0. The Morgan fingerprint density at radius 1 is 1.28 bits per heavy atom. The highest BCUT2D eigenvalue weighted by atomic mass is 15.3. The van der Waals surface area contributed by atoms with Gasteiger partial charge in [0, 0.05) is 18.4 Å². The molecule has 94 valence electrons. The highest BCUT2D eigenvalue weighted by molar-refractivity contribution is 5.35. The number of aromatic nitrogens is 2. The predicted octanol–water partition coefficient (Wildman–Crippen LogP) is 2.56. The Balaban J connectivity index is 1.74. The Bertz CT molecular complexity index is 484. The molecule has 18 heavy (non-hydrogen) atoms. The van der Waals surface area contributed by atoms with Gasteiger partial charge >= 0.3 is 0 Å². The molecule has 1 saturated heterocycles. The van der Waals surface area contributed by atoms with Crippen LogP contribution in [-0.2, 0) is 6.42 Å². The molecule has 0 aliphatic carbocycles. The number of hydrogen-bond donors (Lipinski definition) is 1. The standard InChI is InChI=1S/C15H19N3/c1-2-8-16-14(6-1)11-13-5-3-7-15(12-13)18-10-4-9-17-18/h3-5,7,9-10,12,14,16H,1-2,6,8,11H2. The first kappa shape index (κ1) is 11.5. The van der Waals surface area contributed by atoms with Gasteiger partial charge in [-0.3, -0.25) is 0 Å². The molecule has 3 rings (SSSR count). The maximum Gasteiger partial charge on any atom is 0.0648 e. The molecule has 1 unspecified atom stereocenters. The van der Waals surface area contributed by atoms with Crippen molar-refractivity contribution in [3.8, 4) is 5.69 Å². The van der Waals surface area contributed by atoms with Crippen LogP contribution in [0.5, 0.6) is 0 Å². The molecule has 3 heteroatoms. The van der Waals surface area contributed by atoms with E-state index in [2.05, 4.69) is 34.7 Å². The zero-order valence-corrected chi connectivity index (χ0v) is 10.5. The monoisotopic (exact) mass is 241 g/mol. The lowest BCUT2D eigenvalue weighted by Gasteiger charge is -2.23. The van der Waals surface area contributed by atoms with Crippen LogP contribution >= 0.6 is 0 Å². The maximum atomic E-state index is 4.28. The molecule has 0 saturated carbocycles. The van der Waals surface area contributed by atoms with E-state index in [1.807, 2.05) is 23.1 Å². The number of piperidine rings is 1. The van der Waals surface area contributed by atoms with Crippen molar-refractivity contribution in [2.24, 2.45) is 0 Å². The van der Waals surface area contributed by atoms with Crippen molar-refractivity contribution in [2.75, 3.05) is 6.54 Å². The van der Waals surface area contributed by atoms with E-state index < -0.39 is 0 Å². The Morgan fingerprint density at radius 2 is 2.28 bits per heavy atom. The van der Waals surface area contributed by atoms with Gasteiger partial charge in [-0.2, -0.15) is 5.10 Å². The molecule has 3 nitrogen and oxygen atoms in total. The van der Waals surface area contributed by atoms with Gasteiger partial charge < -0.3 is 5.32 Å². The van der Waals surface area contributed by atoms with Gasteiger partial charge in [0.25, 0.3) is 0 Å². The number of benzene rings is 1. The van der Waals surface area contributed by atoms with Crippen LogP contribution in [0.4, 0.5) is 0 Å².